The number of aryl methyl sites for hydroxylation is 1. The molecule has 2 rings (SSSR count). The zero-order chi connectivity index (χ0) is 12.8. The second-order valence-electron chi connectivity index (χ2n) is 4.34. The maximum atomic E-state index is 8.73. The molecule has 0 spiro atoms. The van der Waals surface area contributed by atoms with Gasteiger partial charge in [0.15, 0.2) is 0 Å². The highest BCUT2D eigenvalue weighted by Gasteiger charge is 2.00. The first kappa shape index (κ1) is 12.3. The first-order valence-electron chi connectivity index (χ1n) is 6.29. The summed E-state index contributed by atoms with van der Waals surface area (Å²) in [7, 11) is 0. The van der Waals surface area contributed by atoms with Crippen LogP contribution in [0.25, 0.3) is 11.3 Å². The SMILES string of the molecule is CCCCc1ccc(-c2ccc(C#N)cn2)cc1. The predicted octanol–water partition coefficient (Wildman–Crippen LogP) is 3.96. The molecule has 2 aromatic rings. The minimum Gasteiger partial charge on any atom is -0.255 e. The lowest BCUT2D eigenvalue weighted by atomic mass is 10.0. The van der Waals surface area contributed by atoms with E-state index in [4.69, 9.17) is 5.26 Å². The molecule has 0 saturated carbocycles. The molecule has 0 radical (unpaired) electrons. The van der Waals surface area contributed by atoms with E-state index in [-0.39, 0.29) is 0 Å². The molecule has 90 valence electrons. The molecule has 18 heavy (non-hydrogen) atoms. The lowest BCUT2D eigenvalue weighted by molar-refractivity contribution is 0.795. The van der Waals surface area contributed by atoms with Crippen LogP contribution in [-0.4, -0.2) is 4.98 Å². The highest BCUT2D eigenvalue weighted by molar-refractivity contribution is 5.59. The van der Waals surface area contributed by atoms with E-state index in [2.05, 4.69) is 42.2 Å². The van der Waals surface area contributed by atoms with Crippen molar-refractivity contribution in [3.05, 3.63) is 53.7 Å². The van der Waals surface area contributed by atoms with E-state index in [9.17, 15) is 0 Å². The minimum atomic E-state index is 0.596. The van der Waals surface area contributed by atoms with Crippen molar-refractivity contribution in [1.82, 2.24) is 4.98 Å². The van der Waals surface area contributed by atoms with Crippen molar-refractivity contribution in [1.29, 1.82) is 5.26 Å². The van der Waals surface area contributed by atoms with Crippen molar-refractivity contribution in [2.24, 2.45) is 0 Å². The van der Waals surface area contributed by atoms with Gasteiger partial charge >= 0.3 is 0 Å². The third-order valence-electron chi connectivity index (χ3n) is 2.96. The summed E-state index contributed by atoms with van der Waals surface area (Å²) in [5.41, 5.74) is 3.98. The van der Waals surface area contributed by atoms with Crippen molar-refractivity contribution in [2.75, 3.05) is 0 Å². The van der Waals surface area contributed by atoms with E-state index in [0.717, 1.165) is 17.7 Å². The summed E-state index contributed by atoms with van der Waals surface area (Å²) in [6.45, 7) is 2.20. The molecule has 1 aromatic heterocycles. The number of aromatic nitrogens is 1. The smallest absolute Gasteiger partial charge is 0.101 e. The standard InChI is InChI=1S/C16H16N2/c1-2-3-4-13-5-8-15(9-6-13)16-10-7-14(11-17)12-18-16/h5-10,12H,2-4H2,1H3. The number of nitriles is 1. The van der Waals surface area contributed by atoms with Crippen molar-refractivity contribution in [2.45, 2.75) is 26.2 Å². The largest absolute Gasteiger partial charge is 0.255 e. The number of benzene rings is 1. The lowest BCUT2D eigenvalue weighted by Gasteiger charge is -2.03. The van der Waals surface area contributed by atoms with Crippen LogP contribution in [-0.2, 0) is 6.42 Å². The molecule has 1 heterocycles. The molecule has 0 saturated heterocycles. The Labute approximate surface area is 108 Å². The zero-order valence-corrected chi connectivity index (χ0v) is 10.6. The Morgan fingerprint density at radius 2 is 1.89 bits per heavy atom. The number of pyridine rings is 1. The molecule has 1 aromatic carbocycles. The molecule has 0 aliphatic carbocycles. The highest BCUT2D eigenvalue weighted by atomic mass is 14.7. The Balaban J connectivity index is 2.15. The summed E-state index contributed by atoms with van der Waals surface area (Å²) in [6, 6.07) is 14.3. The zero-order valence-electron chi connectivity index (χ0n) is 10.6. The Hall–Kier alpha value is -2.14. The van der Waals surface area contributed by atoms with Crippen molar-refractivity contribution in [3.8, 4) is 17.3 Å². The van der Waals surface area contributed by atoms with Crippen LogP contribution < -0.4 is 0 Å². The summed E-state index contributed by atoms with van der Waals surface area (Å²) < 4.78 is 0. The van der Waals surface area contributed by atoms with Crippen molar-refractivity contribution in [3.63, 3.8) is 0 Å². The van der Waals surface area contributed by atoms with Gasteiger partial charge in [-0.2, -0.15) is 5.26 Å². The second kappa shape index (κ2) is 5.97. The van der Waals surface area contributed by atoms with Gasteiger partial charge in [-0.05, 0) is 30.5 Å². The van der Waals surface area contributed by atoms with Gasteiger partial charge in [0.2, 0.25) is 0 Å². The van der Waals surface area contributed by atoms with Gasteiger partial charge < -0.3 is 0 Å². The van der Waals surface area contributed by atoms with Gasteiger partial charge in [-0.1, -0.05) is 37.6 Å². The second-order valence-corrected chi connectivity index (χ2v) is 4.34. The van der Waals surface area contributed by atoms with Gasteiger partial charge in [0.25, 0.3) is 0 Å². The molecule has 0 N–H and O–H groups in total. The molecule has 0 aliphatic rings. The Morgan fingerprint density at radius 3 is 2.44 bits per heavy atom. The minimum absolute atomic E-state index is 0.596. The van der Waals surface area contributed by atoms with Crippen LogP contribution in [0.5, 0.6) is 0 Å². The van der Waals surface area contributed by atoms with Gasteiger partial charge in [-0.15, -0.1) is 0 Å². The summed E-state index contributed by atoms with van der Waals surface area (Å²) in [5, 5.41) is 8.73. The number of hydrogen-bond acceptors (Lipinski definition) is 2. The van der Waals surface area contributed by atoms with Crippen LogP contribution in [0.15, 0.2) is 42.6 Å². The Bertz CT molecular complexity index is 533. The number of unbranched alkanes of at least 4 members (excludes halogenated alkanes) is 1. The van der Waals surface area contributed by atoms with Gasteiger partial charge in [0.1, 0.15) is 6.07 Å². The predicted molar refractivity (Wildman–Crippen MR) is 73.0 cm³/mol. The average Bonchev–Trinajstić information content (AvgIpc) is 2.46. The fourth-order valence-electron chi connectivity index (χ4n) is 1.85. The first-order valence-corrected chi connectivity index (χ1v) is 6.29. The van der Waals surface area contributed by atoms with E-state index in [1.54, 1.807) is 12.3 Å². The number of rotatable bonds is 4. The number of hydrogen-bond donors (Lipinski definition) is 0. The van der Waals surface area contributed by atoms with Crippen molar-refractivity contribution >= 4 is 0 Å². The average molecular weight is 236 g/mol. The molecular weight excluding hydrogens is 220 g/mol. The topological polar surface area (TPSA) is 36.7 Å². The normalized spacial score (nSPS) is 10.0. The van der Waals surface area contributed by atoms with Crippen LogP contribution in [0.3, 0.4) is 0 Å². The Kier molecular flexibility index (Phi) is 4.09. The fraction of sp³-hybridized carbons (Fsp3) is 0.250. The van der Waals surface area contributed by atoms with Gasteiger partial charge in [-0.25, -0.2) is 0 Å². The maximum absolute atomic E-state index is 8.73. The molecule has 0 unspecified atom stereocenters. The molecule has 0 aliphatic heterocycles. The van der Waals surface area contributed by atoms with Gasteiger partial charge in [0, 0.05) is 11.8 Å². The van der Waals surface area contributed by atoms with E-state index in [1.165, 1.54) is 18.4 Å². The molecule has 0 fully saturated rings. The molecule has 0 bridgehead atoms. The first-order chi connectivity index (χ1) is 8.83. The fourth-order valence-corrected chi connectivity index (χ4v) is 1.85. The van der Waals surface area contributed by atoms with E-state index < -0.39 is 0 Å². The van der Waals surface area contributed by atoms with E-state index in [0.29, 0.717) is 5.56 Å². The van der Waals surface area contributed by atoms with Gasteiger partial charge in [-0.3, -0.25) is 4.98 Å². The third-order valence-corrected chi connectivity index (χ3v) is 2.96. The monoisotopic (exact) mass is 236 g/mol. The van der Waals surface area contributed by atoms with E-state index in [1.807, 2.05) is 6.07 Å². The van der Waals surface area contributed by atoms with Crippen LogP contribution >= 0.6 is 0 Å². The molecule has 0 atom stereocenters. The molecule has 0 amide bonds. The third kappa shape index (κ3) is 2.95. The van der Waals surface area contributed by atoms with E-state index >= 15 is 0 Å². The van der Waals surface area contributed by atoms with Gasteiger partial charge in [0.05, 0.1) is 11.3 Å². The van der Waals surface area contributed by atoms with Crippen LogP contribution in [0.2, 0.25) is 0 Å². The molecule has 2 heteroatoms. The summed E-state index contributed by atoms with van der Waals surface area (Å²) >= 11 is 0. The summed E-state index contributed by atoms with van der Waals surface area (Å²) in [4.78, 5) is 4.29. The van der Waals surface area contributed by atoms with Crippen molar-refractivity contribution < 1.29 is 0 Å². The molecular formula is C16H16N2. The van der Waals surface area contributed by atoms with Crippen LogP contribution in [0, 0.1) is 11.3 Å². The van der Waals surface area contributed by atoms with Crippen LogP contribution in [0.1, 0.15) is 30.9 Å². The Morgan fingerprint density at radius 1 is 1.11 bits per heavy atom. The number of nitrogens with zero attached hydrogens (tertiary/aromatic N) is 2. The quantitative estimate of drug-likeness (QED) is 0.805. The summed E-state index contributed by atoms with van der Waals surface area (Å²) in [5.74, 6) is 0. The highest BCUT2D eigenvalue weighted by Crippen LogP contribution is 2.18. The maximum Gasteiger partial charge on any atom is 0.101 e. The van der Waals surface area contributed by atoms with Crippen LogP contribution in [0.4, 0.5) is 0 Å². The molecule has 2 nitrogen and oxygen atoms in total. The summed E-state index contributed by atoms with van der Waals surface area (Å²) in [6.07, 6.45) is 5.20. The lowest BCUT2D eigenvalue weighted by Crippen LogP contribution is -1.87.